The highest BCUT2D eigenvalue weighted by atomic mass is 32.1. The molecule has 0 aliphatic heterocycles. The third-order valence-electron chi connectivity index (χ3n) is 2.76. The number of hydrogen-bond acceptors (Lipinski definition) is 5. The molecule has 0 N–H and O–H groups in total. The first-order chi connectivity index (χ1) is 8.24. The Balaban J connectivity index is 1.96. The number of aromatic nitrogens is 3. The fourth-order valence-corrected chi connectivity index (χ4v) is 2.25. The van der Waals surface area contributed by atoms with Crippen LogP contribution in [0, 0.1) is 0 Å². The van der Waals surface area contributed by atoms with E-state index in [1.165, 1.54) is 19.8 Å². The van der Waals surface area contributed by atoms with Gasteiger partial charge in [-0.15, -0.1) is 0 Å². The van der Waals surface area contributed by atoms with Gasteiger partial charge in [-0.25, -0.2) is 4.98 Å². The number of pyridine rings is 1. The lowest BCUT2D eigenvalue weighted by Gasteiger charge is -1.99. The molecule has 0 bridgehead atoms. The van der Waals surface area contributed by atoms with Crippen LogP contribution in [0.1, 0.15) is 41.2 Å². The van der Waals surface area contributed by atoms with Crippen LogP contribution >= 0.6 is 11.5 Å². The summed E-state index contributed by atoms with van der Waals surface area (Å²) < 4.78 is 4.21. The highest BCUT2D eigenvalue weighted by molar-refractivity contribution is 7.07. The summed E-state index contributed by atoms with van der Waals surface area (Å²) in [6.45, 7) is 1.51. The molecule has 1 fully saturated rings. The summed E-state index contributed by atoms with van der Waals surface area (Å²) in [5, 5.41) is 0.463. The molecule has 2 heterocycles. The van der Waals surface area contributed by atoms with Crippen molar-refractivity contribution in [2.75, 3.05) is 0 Å². The van der Waals surface area contributed by atoms with E-state index in [4.69, 9.17) is 0 Å². The normalized spacial score (nSPS) is 14.9. The predicted octanol–water partition coefficient (Wildman–Crippen LogP) is 2.68. The molecular weight excluding hydrogens is 234 g/mol. The van der Waals surface area contributed by atoms with Gasteiger partial charge in [0.1, 0.15) is 0 Å². The highest BCUT2D eigenvalue weighted by Gasteiger charge is 2.25. The monoisotopic (exact) mass is 245 g/mol. The Morgan fingerprint density at radius 2 is 2.29 bits per heavy atom. The van der Waals surface area contributed by atoms with Crippen molar-refractivity contribution in [1.29, 1.82) is 0 Å². The Morgan fingerprint density at radius 3 is 2.94 bits per heavy atom. The summed E-state index contributed by atoms with van der Waals surface area (Å²) in [6, 6.07) is 3.92. The predicted molar refractivity (Wildman–Crippen MR) is 65.1 cm³/mol. The smallest absolute Gasteiger partial charge is 0.189 e. The lowest BCUT2D eigenvalue weighted by atomic mass is 10.2. The van der Waals surface area contributed by atoms with Gasteiger partial charge in [0.2, 0.25) is 0 Å². The van der Waals surface area contributed by atoms with Gasteiger partial charge in [-0.2, -0.15) is 4.37 Å². The highest BCUT2D eigenvalue weighted by Crippen LogP contribution is 2.39. The molecule has 0 spiro atoms. The number of carbonyl (C=O) groups excluding carboxylic acids is 1. The Labute approximate surface area is 103 Å². The molecule has 1 saturated carbocycles. The summed E-state index contributed by atoms with van der Waals surface area (Å²) >= 11 is 1.15. The minimum Gasteiger partial charge on any atom is -0.292 e. The zero-order valence-corrected chi connectivity index (χ0v) is 10.2. The Bertz CT molecular complexity index is 575. The van der Waals surface area contributed by atoms with Gasteiger partial charge in [0.25, 0.3) is 0 Å². The molecule has 0 amide bonds. The minimum absolute atomic E-state index is 0.0368. The molecule has 0 unspecified atom stereocenters. The standard InChI is InChI=1S/C12H11N3OS/c1-7(16)12-14-11(15-17-12)9-4-5-13-10(6-9)8-2-3-8/h4-6,8H,2-3H2,1H3. The average molecular weight is 245 g/mol. The van der Waals surface area contributed by atoms with E-state index in [0.29, 0.717) is 16.7 Å². The average Bonchev–Trinajstić information content (AvgIpc) is 3.06. The second-order valence-electron chi connectivity index (χ2n) is 4.22. The zero-order chi connectivity index (χ0) is 11.8. The Hall–Kier alpha value is -1.62. The lowest BCUT2D eigenvalue weighted by Crippen LogP contribution is -1.91. The van der Waals surface area contributed by atoms with E-state index in [1.54, 1.807) is 6.20 Å². The summed E-state index contributed by atoms with van der Waals surface area (Å²) in [6.07, 6.45) is 4.23. The second kappa shape index (κ2) is 4.00. The van der Waals surface area contributed by atoms with Gasteiger partial charge in [0.05, 0.1) is 0 Å². The van der Waals surface area contributed by atoms with Crippen LogP contribution in [0.5, 0.6) is 0 Å². The van der Waals surface area contributed by atoms with Crippen LogP contribution in [0.15, 0.2) is 18.3 Å². The molecule has 3 rings (SSSR count). The van der Waals surface area contributed by atoms with E-state index in [-0.39, 0.29) is 5.78 Å². The summed E-state index contributed by atoms with van der Waals surface area (Å²) in [4.78, 5) is 19.8. The van der Waals surface area contributed by atoms with E-state index in [0.717, 1.165) is 22.8 Å². The van der Waals surface area contributed by atoms with E-state index in [9.17, 15) is 4.79 Å². The van der Waals surface area contributed by atoms with Crippen LogP contribution in [-0.4, -0.2) is 20.1 Å². The molecule has 2 aromatic rings. The van der Waals surface area contributed by atoms with Gasteiger partial charge in [0.15, 0.2) is 16.6 Å². The van der Waals surface area contributed by atoms with Crippen molar-refractivity contribution in [1.82, 2.24) is 14.3 Å². The molecule has 4 nitrogen and oxygen atoms in total. The van der Waals surface area contributed by atoms with Crippen molar-refractivity contribution < 1.29 is 4.79 Å². The van der Waals surface area contributed by atoms with E-state index >= 15 is 0 Å². The lowest BCUT2D eigenvalue weighted by molar-refractivity contribution is 0.101. The molecular formula is C12H11N3OS. The van der Waals surface area contributed by atoms with Gasteiger partial charge >= 0.3 is 0 Å². The molecule has 2 aromatic heterocycles. The quantitative estimate of drug-likeness (QED) is 0.780. The van der Waals surface area contributed by atoms with E-state index in [2.05, 4.69) is 14.3 Å². The maximum atomic E-state index is 11.2. The number of Topliss-reactive ketones (excluding diaryl/α,β-unsaturated/α-hetero) is 1. The maximum Gasteiger partial charge on any atom is 0.189 e. The molecule has 86 valence electrons. The Kier molecular flexibility index (Phi) is 2.48. The Morgan fingerprint density at radius 1 is 1.47 bits per heavy atom. The van der Waals surface area contributed by atoms with Crippen LogP contribution in [0.2, 0.25) is 0 Å². The number of nitrogens with zero attached hydrogens (tertiary/aromatic N) is 3. The molecule has 0 aromatic carbocycles. The van der Waals surface area contributed by atoms with Gasteiger partial charge in [-0.05, 0) is 36.5 Å². The fraction of sp³-hybridized carbons (Fsp3) is 0.333. The van der Waals surface area contributed by atoms with Crippen LogP contribution in [-0.2, 0) is 0 Å². The zero-order valence-electron chi connectivity index (χ0n) is 9.38. The third-order valence-corrected chi connectivity index (χ3v) is 3.58. The van der Waals surface area contributed by atoms with Crippen molar-refractivity contribution in [2.24, 2.45) is 0 Å². The van der Waals surface area contributed by atoms with Crippen LogP contribution in [0.4, 0.5) is 0 Å². The van der Waals surface area contributed by atoms with Crippen molar-refractivity contribution in [3.8, 4) is 11.4 Å². The topological polar surface area (TPSA) is 55.7 Å². The van der Waals surface area contributed by atoms with Gasteiger partial charge < -0.3 is 0 Å². The first kappa shape index (κ1) is 10.5. The summed E-state index contributed by atoms with van der Waals surface area (Å²) in [5.41, 5.74) is 2.06. The van der Waals surface area contributed by atoms with E-state index in [1.807, 2.05) is 12.1 Å². The van der Waals surface area contributed by atoms with Gasteiger partial charge in [0, 0.05) is 30.3 Å². The molecule has 0 atom stereocenters. The maximum absolute atomic E-state index is 11.2. The van der Waals surface area contributed by atoms with Crippen molar-refractivity contribution in [3.05, 3.63) is 29.0 Å². The molecule has 1 aliphatic rings. The van der Waals surface area contributed by atoms with Crippen LogP contribution in [0.25, 0.3) is 11.4 Å². The SMILES string of the molecule is CC(=O)c1nc(-c2ccnc(C3CC3)c2)ns1. The molecule has 0 radical (unpaired) electrons. The number of ketones is 1. The van der Waals surface area contributed by atoms with Crippen molar-refractivity contribution >= 4 is 17.3 Å². The minimum atomic E-state index is -0.0368. The van der Waals surface area contributed by atoms with Crippen LogP contribution in [0.3, 0.4) is 0 Å². The second-order valence-corrected chi connectivity index (χ2v) is 4.97. The van der Waals surface area contributed by atoms with Gasteiger partial charge in [-0.1, -0.05) is 0 Å². The molecule has 17 heavy (non-hydrogen) atoms. The molecule has 5 heteroatoms. The fourth-order valence-electron chi connectivity index (χ4n) is 1.67. The number of hydrogen-bond donors (Lipinski definition) is 0. The number of carbonyl (C=O) groups is 1. The molecule has 0 saturated heterocycles. The summed E-state index contributed by atoms with van der Waals surface area (Å²) in [5.74, 6) is 1.20. The largest absolute Gasteiger partial charge is 0.292 e. The van der Waals surface area contributed by atoms with Gasteiger partial charge in [-0.3, -0.25) is 9.78 Å². The first-order valence-corrected chi connectivity index (χ1v) is 6.32. The van der Waals surface area contributed by atoms with Crippen molar-refractivity contribution in [3.63, 3.8) is 0 Å². The molecule has 1 aliphatic carbocycles. The first-order valence-electron chi connectivity index (χ1n) is 5.55. The summed E-state index contributed by atoms with van der Waals surface area (Å²) in [7, 11) is 0. The van der Waals surface area contributed by atoms with Crippen molar-refractivity contribution in [2.45, 2.75) is 25.7 Å². The van der Waals surface area contributed by atoms with E-state index < -0.39 is 0 Å². The third kappa shape index (κ3) is 2.10. The number of rotatable bonds is 3. The van der Waals surface area contributed by atoms with Crippen LogP contribution < -0.4 is 0 Å².